The Kier molecular flexibility index (Phi) is 9.99. The van der Waals surface area contributed by atoms with E-state index in [4.69, 9.17) is 21.1 Å². The van der Waals surface area contributed by atoms with Crippen LogP contribution in [0.15, 0.2) is 41.8 Å². The summed E-state index contributed by atoms with van der Waals surface area (Å²) in [7, 11) is 3.05. The van der Waals surface area contributed by atoms with Crippen molar-refractivity contribution >= 4 is 34.5 Å². The van der Waals surface area contributed by atoms with Crippen molar-refractivity contribution in [2.24, 2.45) is 0 Å². The number of benzene rings is 1. The van der Waals surface area contributed by atoms with E-state index in [1.165, 1.54) is 20.3 Å². The smallest absolute Gasteiger partial charge is 0.260 e. The summed E-state index contributed by atoms with van der Waals surface area (Å²) in [5.41, 5.74) is 0.0779. The van der Waals surface area contributed by atoms with Crippen LogP contribution < -0.4 is 20.3 Å². The maximum atomic E-state index is 14.2. The molecular formula is C31H41ClN6O5. The number of nitrogens with one attached hydrogen (secondary N) is 1. The van der Waals surface area contributed by atoms with Gasteiger partial charge in [-0.3, -0.25) is 19.1 Å². The quantitative estimate of drug-likeness (QED) is 0.311. The number of hydrogen-bond acceptors (Lipinski definition) is 9. The van der Waals surface area contributed by atoms with E-state index in [0.717, 1.165) is 6.54 Å². The molecular weight excluding hydrogens is 572 g/mol. The van der Waals surface area contributed by atoms with E-state index in [1.807, 2.05) is 4.90 Å². The van der Waals surface area contributed by atoms with Gasteiger partial charge in [-0.2, -0.15) is 4.98 Å². The Morgan fingerprint density at radius 2 is 1.86 bits per heavy atom. The molecule has 3 heterocycles. The number of aromatic nitrogens is 3. The van der Waals surface area contributed by atoms with Gasteiger partial charge in [0.05, 0.1) is 24.8 Å². The second-order valence-corrected chi connectivity index (χ2v) is 12.0. The number of carbonyl (C=O) groups excluding carboxylic acids is 1. The van der Waals surface area contributed by atoms with E-state index in [1.54, 1.807) is 42.8 Å². The molecule has 0 saturated carbocycles. The van der Waals surface area contributed by atoms with Gasteiger partial charge >= 0.3 is 0 Å². The maximum Gasteiger partial charge on any atom is 0.260 e. The van der Waals surface area contributed by atoms with Gasteiger partial charge in [0.1, 0.15) is 17.1 Å². The molecule has 2 unspecified atom stereocenters. The summed E-state index contributed by atoms with van der Waals surface area (Å²) in [5.74, 6) is 1.14. The lowest BCUT2D eigenvalue weighted by Crippen LogP contribution is -2.58. The standard InChI is InChI=1S/C31H41ClN6O5/c1-8-26(39)36-16-19(2)37(20(3)17-36)10-9-11-38-28-21(15-33-30(35-28)34-18-31(4,5)41)12-24(29(38)40)23-13-22(42-6)14-25(43-7)27(23)32/h8,12-15,19-20,41H,1,9-11,16-18H2,2-7H3,(H,33,34,35). The topological polar surface area (TPSA) is 122 Å². The Morgan fingerprint density at radius 1 is 1.16 bits per heavy atom. The summed E-state index contributed by atoms with van der Waals surface area (Å²) in [4.78, 5) is 39.7. The van der Waals surface area contributed by atoms with Crippen LogP contribution in [0.4, 0.5) is 5.95 Å². The van der Waals surface area contributed by atoms with Gasteiger partial charge in [-0.1, -0.05) is 18.2 Å². The number of rotatable bonds is 11. The first-order chi connectivity index (χ1) is 20.4. The number of anilines is 1. The summed E-state index contributed by atoms with van der Waals surface area (Å²) in [6.45, 7) is 13.8. The Bertz CT molecular complexity index is 1540. The molecule has 43 heavy (non-hydrogen) atoms. The Hall–Kier alpha value is -3.67. The normalized spacial score (nSPS) is 17.6. The maximum absolute atomic E-state index is 14.2. The average Bonchev–Trinajstić information content (AvgIpc) is 2.97. The van der Waals surface area contributed by atoms with E-state index >= 15 is 0 Å². The number of hydrogen-bond donors (Lipinski definition) is 2. The Morgan fingerprint density at radius 3 is 2.47 bits per heavy atom. The van der Waals surface area contributed by atoms with Crippen molar-refractivity contribution in [3.8, 4) is 22.6 Å². The molecule has 1 fully saturated rings. The molecule has 1 aliphatic rings. The van der Waals surface area contributed by atoms with Gasteiger partial charge in [0.25, 0.3) is 5.56 Å². The number of ether oxygens (including phenoxy) is 2. The number of fused-ring (bicyclic) bond motifs is 1. The van der Waals surface area contributed by atoms with Gasteiger partial charge in [-0.15, -0.1) is 0 Å². The van der Waals surface area contributed by atoms with Crippen LogP contribution in [0.5, 0.6) is 11.5 Å². The van der Waals surface area contributed by atoms with Gasteiger partial charge in [0.15, 0.2) is 0 Å². The van der Waals surface area contributed by atoms with E-state index in [2.05, 4.69) is 40.6 Å². The lowest BCUT2D eigenvalue weighted by atomic mass is 10.0. The number of amides is 1. The molecule has 0 bridgehead atoms. The minimum Gasteiger partial charge on any atom is -0.497 e. The number of carbonyl (C=O) groups is 1. The molecule has 2 aromatic heterocycles. The highest BCUT2D eigenvalue weighted by Crippen LogP contribution is 2.38. The van der Waals surface area contributed by atoms with Gasteiger partial charge in [0, 0.05) is 73.6 Å². The number of nitrogens with zero attached hydrogens (tertiary/aromatic N) is 5. The molecule has 2 atom stereocenters. The predicted molar refractivity (Wildman–Crippen MR) is 169 cm³/mol. The predicted octanol–water partition coefficient (Wildman–Crippen LogP) is 3.81. The second kappa shape index (κ2) is 13.3. The number of aryl methyl sites for hydroxylation is 1. The first kappa shape index (κ1) is 32.2. The first-order valence-corrected chi connectivity index (χ1v) is 14.7. The van der Waals surface area contributed by atoms with Crippen molar-refractivity contribution in [3.63, 3.8) is 0 Å². The number of aliphatic hydroxyl groups is 1. The summed E-state index contributed by atoms with van der Waals surface area (Å²) in [6.07, 6.45) is 3.67. The number of halogens is 1. The molecule has 1 amide bonds. The van der Waals surface area contributed by atoms with E-state index < -0.39 is 5.60 Å². The highest BCUT2D eigenvalue weighted by Gasteiger charge is 2.30. The Labute approximate surface area is 257 Å². The zero-order valence-corrected chi connectivity index (χ0v) is 26.4. The van der Waals surface area contributed by atoms with Crippen LogP contribution in [-0.2, 0) is 11.3 Å². The van der Waals surface area contributed by atoms with Crippen molar-refractivity contribution in [2.75, 3.05) is 45.7 Å². The average molecular weight is 613 g/mol. The fourth-order valence-electron chi connectivity index (χ4n) is 5.49. The highest BCUT2D eigenvalue weighted by molar-refractivity contribution is 6.35. The van der Waals surface area contributed by atoms with Crippen LogP contribution in [-0.4, -0.2) is 93.4 Å². The molecule has 0 radical (unpaired) electrons. The van der Waals surface area contributed by atoms with Crippen LogP contribution in [0.1, 0.15) is 34.1 Å². The van der Waals surface area contributed by atoms with Gasteiger partial charge < -0.3 is 24.8 Å². The van der Waals surface area contributed by atoms with Crippen LogP contribution in [0.25, 0.3) is 22.2 Å². The molecule has 232 valence electrons. The fraction of sp³-hybridized carbons (Fsp3) is 0.484. The van der Waals surface area contributed by atoms with Crippen molar-refractivity contribution in [1.82, 2.24) is 24.3 Å². The number of piperazine rings is 1. The van der Waals surface area contributed by atoms with Crippen LogP contribution in [0, 0.1) is 0 Å². The third-order valence-electron chi connectivity index (χ3n) is 7.65. The monoisotopic (exact) mass is 612 g/mol. The molecule has 1 aliphatic heterocycles. The number of methoxy groups -OCH3 is 2. The van der Waals surface area contributed by atoms with Crippen molar-refractivity contribution in [1.29, 1.82) is 0 Å². The highest BCUT2D eigenvalue weighted by atomic mass is 35.5. The Balaban J connectivity index is 1.72. The summed E-state index contributed by atoms with van der Waals surface area (Å²) in [6, 6.07) is 5.41. The van der Waals surface area contributed by atoms with Crippen LogP contribution in [0.2, 0.25) is 5.02 Å². The molecule has 3 aromatic rings. The minimum atomic E-state index is -0.974. The zero-order valence-electron chi connectivity index (χ0n) is 25.7. The largest absolute Gasteiger partial charge is 0.497 e. The summed E-state index contributed by atoms with van der Waals surface area (Å²) < 4.78 is 12.5. The van der Waals surface area contributed by atoms with Gasteiger partial charge in [-0.05, 0) is 52.3 Å². The van der Waals surface area contributed by atoms with Crippen LogP contribution >= 0.6 is 11.6 Å². The first-order valence-electron chi connectivity index (χ1n) is 14.3. The van der Waals surface area contributed by atoms with E-state index in [-0.39, 0.29) is 30.1 Å². The molecule has 2 N–H and O–H groups in total. The third kappa shape index (κ3) is 7.29. The van der Waals surface area contributed by atoms with E-state index in [0.29, 0.717) is 70.7 Å². The zero-order chi connectivity index (χ0) is 31.5. The third-order valence-corrected chi connectivity index (χ3v) is 8.04. The molecule has 1 aromatic carbocycles. The molecule has 4 rings (SSSR count). The van der Waals surface area contributed by atoms with Crippen molar-refractivity contribution < 1.29 is 19.4 Å². The van der Waals surface area contributed by atoms with Crippen LogP contribution in [0.3, 0.4) is 0 Å². The summed E-state index contributed by atoms with van der Waals surface area (Å²) in [5, 5.41) is 14.2. The molecule has 12 heteroatoms. The molecule has 0 spiro atoms. The number of pyridine rings is 1. The van der Waals surface area contributed by atoms with E-state index in [9.17, 15) is 14.7 Å². The summed E-state index contributed by atoms with van der Waals surface area (Å²) >= 11 is 6.71. The van der Waals surface area contributed by atoms with Crippen molar-refractivity contribution in [3.05, 3.63) is 52.4 Å². The molecule has 11 nitrogen and oxygen atoms in total. The van der Waals surface area contributed by atoms with Gasteiger partial charge in [0.2, 0.25) is 11.9 Å². The second-order valence-electron chi connectivity index (χ2n) is 11.6. The van der Waals surface area contributed by atoms with Crippen molar-refractivity contribution in [2.45, 2.75) is 58.3 Å². The minimum absolute atomic E-state index is 0.0605. The molecule has 0 aliphatic carbocycles. The van der Waals surface area contributed by atoms with Gasteiger partial charge in [-0.25, -0.2) is 4.98 Å². The fourth-order valence-corrected chi connectivity index (χ4v) is 5.78. The lowest BCUT2D eigenvalue weighted by Gasteiger charge is -2.44. The SMILES string of the molecule is C=CC(=O)N1CC(C)N(CCCn2c(=O)c(-c3cc(OC)cc(OC)c3Cl)cc3cnc(NCC(C)(C)O)nc32)C(C)C1. The lowest BCUT2D eigenvalue weighted by molar-refractivity contribution is -0.130. The molecule has 1 saturated heterocycles.